The van der Waals surface area contributed by atoms with E-state index in [1.165, 1.54) is 135 Å². The Morgan fingerprint density at radius 1 is 0.254 bits per heavy atom. The van der Waals surface area contributed by atoms with Gasteiger partial charge in [-0.2, -0.15) is 0 Å². The van der Waals surface area contributed by atoms with Crippen LogP contribution in [0.2, 0.25) is 0 Å². The minimum absolute atomic E-state index is 0.323. The van der Waals surface area contributed by atoms with Gasteiger partial charge in [-0.1, -0.05) is 338 Å². The summed E-state index contributed by atoms with van der Waals surface area (Å²) < 4.78 is 113. The highest BCUT2D eigenvalue weighted by Gasteiger charge is 2.47. The molecule has 8 atom stereocenters. The Kier molecular flexibility index (Phi) is 31.1. The fraction of sp³-hybridized carbons (Fsp3) is 0.485. The lowest BCUT2D eigenvalue weighted by molar-refractivity contribution is -0.671. The smallest absolute Gasteiger partial charge is 0.450 e. The maximum atomic E-state index is 17.1. The zero-order valence-corrected chi connectivity index (χ0v) is 74.0. The van der Waals surface area contributed by atoms with Gasteiger partial charge in [0.15, 0.2) is 12.4 Å². The summed E-state index contributed by atoms with van der Waals surface area (Å²) in [7, 11) is -11.4. The van der Waals surface area contributed by atoms with Gasteiger partial charge in [0.2, 0.25) is 0 Å². The number of aromatic nitrogens is 1. The van der Waals surface area contributed by atoms with Crippen molar-refractivity contribution in [3.63, 3.8) is 0 Å². The van der Waals surface area contributed by atoms with Gasteiger partial charge < -0.3 is 36.6 Å². The van der Waals surface area contributed by atoms with Crippen molar-refractivity contribution in [2.24, 2.45) is 7.05 Å². The van der Waals surface area contributed by atoms with E-state index in [9.17, 15) is 0 Å². The first-order valence-corrected chi connectivity index (χ1v) is 50.7. The van der Waals surface area contributed by atoms with Gasteiger partial charge in [0.05, 0.1) is 15.9 Å². The largest absolute Gasteiger partial charge is 0.462 e. The number of rotatable bonds is 45. The predicted molar refractivity (Wildman–Crippen MR) is 482 cm³/mol. The zero-order valence-electron chi connectivity index (χ0n) is 71.3. The fourth-order valence-corrected chi connectivity index (χ4v) is 23.5. The summed E-state index contributed by atoms with van der Waals surface area (Å²) >= 11 is 0. The minimum atomic E-state index is -4.51. The van der Waals surface area contributed by atoms with Crippen molar-refractivity contribution in [2.45, 2.75) is 314 Å². The van der Waals surface area contributed by atoms with Crippen LogP contribution in [0.3, 0.4) is 0 Å². The summed E-state index contributed by atoms with van der Waals surface area (Å²) in [5, 5.41) is 1.09. The molecule has 9 aromatic rings. The molecule has 5 aliphatic rings. The number of hydrogen-bond acceptors (Lipinski definition) is 11. The highest BCUT2D eigenvalue weighted by Crippen LogP contribution is 2.65. The summed E-state index contributed by atoms with van der Waals surface area (Å²) in [6.07, 6.45) is 47.3. The molecule has 0 amide bonds. The standard InChI is InChI=1S/C103H131NO11P3/c1-6-10-14-18-22-26-30-34-47-57-83-87-69-89-84(58-48-35-31-27-23-19-15-11-7-2)91-71-93-86(60-50-37-33-29-25-21-17-13-9-4)94-72-92-85(59-49-36-32-28-24-20-16-12-8-3)90-70-88(83)96-74-98(90)111-117(106,81-53-43-39-44-54-81)113-100(92)76-102(94)115-118(107,82-55-45-40-46-56-82)114-101(93)75-99(91)112-116(105,80-51-41-38-42-52-80)110-97(89)73-95(87)108-103(109-96)79-63-61-77(62-64-79)78-65-67-104(5)68-66-78/h38-46,51-56,61-76,83-86,103H,6-37,47-50,57-60H2,1-5H3/q+1/t83?,84-,85+,86?,103?,116?,117?,118?. The van der Waals surface area contributed by atoms with Gasteiger partial charge >= 0.3 is 22.8 Å². The highest BCUT2D eigenvalue weighted by atomic mass is 31.2. The van der Waals surface area contributed by atoms with Gasteiger partial charge in [-0.3, -0.25) is 0 Å². The summed E-state index contributed by atoms with van der Waals surface area (Å²) in [5.74, 6) is 1.69. The molecule has 628 valence electrons. The SMILES string of the molecule is CCCCCCCCCCCC1c2cc3c4cc2OC(c2ccc(-c5cc[n+](C)cc5)cc2)Oc2cc5c(cc21)[C@H](CCCCCCCCCCC)c1cc2c(cc1OP(=O)(c1ccccc1)O5)OP(=O)(c1ccccc1)Oc1cc(c(cc1C2CCCCCCCCCCC)[C@@H]3CCCCCCCCCCC)OP(=O)(c1ccccc1)O4. The lowest BCUT2D eigenvalue weighted by atomic mass is 9.76. The molecule has 0 radical (unpaired) electrons. The van der Waals surface area contributed by atoms with E-state index >= 15 is 13.7 Å². The Balaban J connectivity index is 1.06. The van der Waals surface area contributed by atoms with Crippen LogP contribution in [0, 0.1) is 0 Å². The second-order valence-corrected chi connectivity index (χ2v) is 40.0. The number of aryl methyl sites for hydroxylation is 1. The lowest BCUT2D eigenvalue weighted by Crippen LogP contribution is -2.25. The molecule has 0 fully saturated rings. The maximum absolute atomic E-state index is 17.1. The van der Waals surface area contributed by atoms with Crippen LogP contribution in [0.15, 0.2) is 188 Å². The monoisotopic (exact) mass is 1650 g/mol. The molecular formula is C103H131NO11P3+. The molecule has 0 saturated heterocycles. The minimum Gasteiger partial charge on any atom is -0.450 e. The van der Waals surface area contributed by atoms with Crippen LogP contribution in [0.1, 0.15) is 365 Å². The van der Waals surface area contributed by atoms with Crippen molar-refractivity contribution in [2.75, 3.05) is 0 Å². The topological polar surface area (TPSA) is 129 Å². The molecule has 0 N–H and O–H groups in total. The first-order chi connectivity index (χ1) is 57.9. The third kappa shape index (κ3) is 21.5. The Morgan fingerprint density at radius 2 is 0.475 bits per heavy atom. The lowest BCUT2D eigenvalue weighted by Gasteiger charge is -2.38. The normalized spacial score (nSPS) is 20.4. The summed E-state index contributed by atoms with van der Waals surface area (Å²) in [6, 6.07) is 57.7. The van der Waals surface area contributed by atoms with Gasteiger partial charge in [0, 0.05) is 110 Å². The Bertz CT molecular complexity index is 4630. The molecule has 5 heterocycles. The molecule has 12 nitrogen and oxygen atoms in total. The second kappa shape index (κ2) is 42.5. The van der Waals surface area contributed by atoms with E-state index in [0.717, 1.165) is 164 Å². The van der Waals surface area contributed by atoms with Gasteiger partial charge in [-0.15, -0.1) is 0 Å². The molecule has 118 heavy (non-hydrogen) atoms. The van der Waals surface area contributed by atoms with E-state index in [2.05, 4.69) is 101 Å². The highest BCUT2D eigenvalue weighted by molar-refractivity contribution is 7.63. The van der Waals surface area contributed by atoms with E-state index < -0.39 is 46.8 Å². The molecular weight excluding hydrogens is 1520 g/mol. The van der Waals surface area contributed by atoms with Crippen molar-refractivity contribution in [3.05, 3.63) is 238 Å². The molecule has 8 bridgehead atoms. The van der Waals surface area contributed by atoms with Crippen LogP contribution in [0.5, 0.6) is 46.0 Å². The van der Waals surface area contributed by atoms with Crippen LogP contribution in [-0.2, 0) is 20.7 Å². The number of ether oxygens (including phenoxy) is 2. The Hall–Kier alpha value is -8.00. The van der Waals surface area contributed by atoms with E-state index in [-0.39, 0.29) is 5.92 Å². The molecule has 1 aromatic heterocycles. The van der Waals surface area contributed by atoms with Gasteiger partial charge in [0.1, 0.15) is 53.0 Å². The van der Waals surface area contributed by atoms with E-state index in [1.54, 1.807) is 12.1 Å². The molecule has 4 aliphatic heterocycles. The average molecular weight is 1650 g/mol. The maximum Gasteiger partial charge on any atom is 0.462 e. The first-order valence-electron chi connectivity index (χ1n) is 46.1. The molecule has 1 aliphatic carbocycles. The first kappa shape index (κ1) is 86.4. The summed E-state index contributed by atoms with van der Waals surface area (Å²) in [5.41, 5.74) is 9.97. The number of hydrogen-bond donors (Lipinski definition) is 0. The van der Waals surface area contributed by atoms with Crippen LogP contribution in [0.4, 0.5) is 0 Å². The van der Waals surface area contributed by atoms with E-state index in [0.29, 0.717) is 81.2 Å². The third-order valence-electron chi connectivity index (χ3n) is 25.4. The van der Waals surface area contributed by atoms with Crippen molar-refractivity contribution < 1.29 is 54.9 Å². The third-order valence-corrected chi connectivity index (χ3v) is 30.9. The molecule has 14 rings (SSSR count). The van der Waals surface area contributed by atoms with Crippen LogP contribution < -0.4 is 57.1 Å². The van der Waals surface area contributed by atoms with Gasteiger partial charge in [-0.05, 0) is 97.5 Å². The Labute approximate surface area is 706 Å². The molecule has 0 saturated carbocycles. The predicted octanol–water partition coefficient (Wildman–Crippen LogP) is 30.0. The summed E-state index contributed by atoms with van der Waals surface area (Å²) in [4.78, 5) is 0. The van der Waals surface area contributed by atoms with Gasteiger partial charge in [0.25, 0.3) is 6.29 Å². The fourth-order valence-electron chi connectivity index (χ4n) is 18.7. The van der Waals surface area contributed by atoms with Crippen LogP contribution in [-0.4, -0.2) is 0 Å². The zero-order chi connectivity index (χ0) is 81.5. The van der Waals surface area contributed by atoms with Crippen molar-refractivity contribution >= 4 is 38.7 Å². The van der Waals surface area contributed by atoms with Crippen LogP contribution in [0.25, 0.3) is 11.1 Å². The second-order valence-electron chi connectivity index (χ2n) is 34.4. The quantitative estimate of drug-likeness (QED) is 0.0205. The number of unbranched alkanes of at least 4 members (excludes halogenated alkanes) is 32. The molecule has 15 heteroatoms. The van der Waals surface area contributed by atoms with Gasteiger partial charge in [-0.25, -0.2) is 18.3 Å². The number of benzene rings is 8. The van der Waals surface area contributed by atoms with Crippen molar-refractivity contribution in [1.82, 2.24) is 0 Å². The average Bonchev–Trinajstić information content (AvgIpc) is 0.720. The number of nitrogens with zero attached hydrogens (tertiary/aromatic N) is 1. The van der Waals surface area contributed by atoms with Crippen molar-refractivity contribution in [3.8, 4) is 57.1 Å². The number of pyridine rings is 1. The van der Waals surface area contributed by atoms with E-state index in [1.807, 2.05) is 115 Å². The van der Waals surface area contributed by atoms with E-state index in [4.69, 9.17) is 36.6 Å². The molecule has 6 unspecified atom stereocenters. The van der Waals surface area contributed by atoms with Crippen LogP contribution >= 0.6 is 22.8 Å². The van der Waals surface area contributed by atoms with Crippen molar-refractivity contribution in [1.29, 1.82) is 0 Å². The molecule has 8 aromatic carbocycles. The molecule has 0 spiro atoms. The Morgan fingerprint density at radius 3 is 0.729 bits per heavy atom. The summed E-state index contributed by atoms with van der Waals surface area (Å²) in [6.45, 7) is 9.12.